The molecule has 640 valence electrons. The fourth-order valence-corrected chi connectivity index (χ4v) is 14.8. The standard InChI is InChI=1S/2C20H22O.C19H28O2.C19H28O.C18H24O.C17H22O/c2*1-2-9-20(21)19-15-8-14-18(16-19)13-7-6-12-17-10-4-3-5-11-17;1-4-8-18(20)17-10-7-9-16(15-17)11-14-19(21,12-5-2)13-6-3;1-4-7-9-17-10-8-11-18(16-17)12-15-19(20,13-5-2)14-6-3;1-2-7-18(19)17-11-6-10-16(14-17)13-12-15-8-4-3-5-9-15;1-2-6-17(18)16-10-5-9-15(13-16)12-11-14-7-3-4-8-14/h2*3-5,8,10-11,14-16,20-21H,2,6,9,12H2,1H3;7,9-10,15,18,20-21H,4-6,8,12-13H2,1-3H3;8,10-11,16,20H,4-7,9,13-14H2,1-3H3;6,10-11,14-15,18-19H,2-5,7-9H2,1H3;5,9-10,13-14,17-18H,2-4,6-8H2,1H3. The van der Waals surface area contributed by atoms with E-state index in [1.807, 2.05) is 140 Å². The van der Waals surface area contributed by atoms with Crippen molar-refractivity contribution in [1.29, 1.82) is 0 Å². The predicted octanol–water partition coefficient (Wildman–Crippen LogP) is 26.4. The van der Waals surface area contributed by atoms with Crippen LogP contribution in [0.3, 0.4) is 0 Å². The van der Waals surface area contributed by atoms with E-state index >= 15 is 0 Å². The summed E-state index contributed by atoms with van der Waals surface area (Å²) in [6.07, 6.45) is 32.6. The molecule has 5 atom stereocenters. The molecule has 0 radical (unpaired) electrons. The lowest BCUT2D eigenvalue weighted by Gasteiger charge is -2.20. The third-order valence-corrected chi connectivity index (χ3v) is 21.5. The van der Waals surface area contributed by atoms with E-state index in [1.165, 1.54) is 87.3 Å². The summed E-state index contributed by atoms with van der Waals surface area (Å²) in [6, 6.07) is 68.9. The number of hydrogen-bond donors (Lipinski definition) is 7. The molecule has 7 nitrogen and oxygen atoms in total. The van der Waals surface area contributed by atoms with Gasteiger partial charge in [0, 0.05) is 58.1 Å². The van der Waals surface area contributed by atoms with Gasteiger partial charge in [-0.2, -0.15) is 0 Å². The van der Waals surface area contributed by atoms with E-state index in [2.05, 4.69) is 207 Å². The molecule has 8 aromatic carbocycles. The topological polar surface area (TPSA) is 142 Å². The number of benzene rings is 8. The van der Waals surface area contributed by atoms with Gasteiger partial charge in [0.25, 0.3) is 0 Å². The van der Waals surface area contributed by atoms with Crippen LogP contribution >= 0.6 is 0 Å². The maximum Gasteiger partial charge on any atom is 0.125 e. The molecule has 10 rings (SSSR count). The lowest BCUT2D eigenvalue weighted by atomic mass is 9.89. The third-order valence-electron chi connectivity index (χ3n) is 21.5. The van der Waals surface area contributed by atoms with Crippen LogP contribution in [0.25, 0.3) is 0 Å². The smallest absolute Gasteiger partial charge is 0.125 e. The van der Waals surface area contributed by atoms with Crippen molar-refractivity contribution in [2.75, 3.05) is 0 Å². The van der Waals surface area contributed by atoms with Crippen LogP contribution in [0.4, 0.5) is 0 Å². The lowest BCUT2D eigenvalue weighted by Crippen LogP contribution is -2.25. The molecule has 7 heteroatoms. The van der Waals surface area contributed by atoms with Crippen molar-refractivity contribution in [1.82, 2.24) is 0 Å². The molecule has 2 fully saturated rings. The van der Waals surface area contributed by atoms with Crippen LogP contribution in [0.5, 0.6) is 0 Å². The molecule has 0 spiro atoms. The fourth-order valence-electron chi connectivity index (χ4n) is 14.8. The first-order valence-electron chi connectivity index (χ1n) is 45.9. The SMILES string of the molecule is CCCC(O)c1cccc(C#CC(O)(CCC)CCC)c1.CCCC(O)c1cccc(C#CC2CCCC2)c1.CCCC(O)c1cccc(C#CC2CCCCC2)c1.CCCC(O)c1cccc(C#CCCc2ccccc2)c1.CCCC(O)c1cccc(C#CCCc2ccccc2)c1.CCCCc1cccc(C#CC(O)(CCC)CCC)c1. The highest BCUT2D eigenvalue weighted by Crippen LogP contribution is 2.29. The molecule has 0 aromatic heterocycles. The van der Waals surface area contributed by atoms with Crippen LogP contribution < -0.4 is 0 Å². The zero-order chi connectivity index (χ0) is 86.7. The van der Waals surface area contributed by atoms with Gasteiger partial charge < -0.3 is 35.7 Å². The van der Waals surface area contributed by atoms with Crippen molar-refractivity contribution < 1.29 is 35.7 Å². The first-order valence-corrected chi connectivity index (χ1v) is 45.9. The molecule has 2 aliphatic rings. The Morgan fingerprint density at radius 3 is 0.858 bits per heavy atom. The Bertz CT molecular complexity index is 4380. The van der Waals surface area contributed by atoms with Crippen molar-refractivity contribution in [3.63, 3.8) is 0 Å². The van der Waals surface area contributed by atoms with Crippen LogP contribution in [0.2, 0.25) is 0 Å². The minimum atomic E-state index is -0.887. The molecule has 2 aliphatic carbocycles. The second-order valence-corrected chi connectivity index (χ2v) is 32.4. The number of rotatable bonds is 30. The second-order valence-electron chi connectivity index (χ2n) is 32.4. The van der Waals surface area contributed by atoms with Crippen molar-refractivity contribution in [2.45, 2.75) is 329 Å². The Kier molecular flexibility index (Phi) is 51.7. The zero-order valence-corrected chi connectivity index (χ0v) is 74.8. The second kappa shape index (κ2) is 61.2. The molecule has 0 amide bonds. The summed E-state index contributed by atoms with van der Waals surface area (Å²) in [5, 5.41) is 71.1. The van der Waals surface area contributed by atoms with Gasteiger partial charge in [0.1, 0.15) is 11.2 Å². The first kappa shape index (κ1) is 101. The van der Waals surface area contributed by atoms with Crippen molar-refractivity contribution >= 4 is 0 Å². The third kappa shape index (κ3) is 42.4. The van der Waals surface area contributed by atoms with Crippen molar-refractivity contribution in [2.24, 2.45) is 11.8 Å². The summed E-state index contributed by atoms with van der Waals surface area (Å²) in [7, 11) is 0. The molecule has 8 aromatic rings. The lowest BCUT2D eigenvalue weighted by molar-refractivity contribution is 0.0803. The van der Waals surface area contributed by atoms with E-state index in [4.69, 9.17) is 0 Å². The summed E-state index contributed by atoms with van der Waals surface area (Å²) >= 11 is 0. The maximum absolute atomic E-state index is 10.5. The van der Waals surface area contributed by atoms with Crippen LogP contribution in [0.1, 0.15) is 377 Å². The van der Waals surface area contributed by atoms with E-state index in [9.17, 15) is 35.7 Å². The molecular formula is C113H146O7. The molecule has 0 aliphatic heterocycles. The number of hydrogen-bond acceptors (Lipinski definition) is 7. The van der Waals surface area contributed by atoms with Gasteiger partial charge in [-0.05, 0) is 226 Å². The Labute approximate surface area is 727 Å². The van der Waals surface area contributed by atoms with E-state index in [0.29, 0.717) is 24.7 Å². The summed E-state index contributed by atoms with van der Waals surface area (Å²) in [4.78, 5) is 0. The molecule has 0 saturated heterocycles. The Hall–Kier alpha value is -9.16. The highest BCUT2D eigenvalue weighted by atomic mass is 16.3. The zero-order valence-electron chi connectivity index (χ0n) is 74.8. The Balaban J connectivity index is 0.000000256. The van der Waals surface area contributed by atoms with Gasteiger partial charge in [-0.1, -0.05) is 370 Å². The van der Waals surface area contributed by atoms with E-state index in [0.717, 1.165) is 196 Å². The minimum absolute atomic E-state index is 0.344. The van der Waals surface area contributed by atoms with Crippen LogP contribution in [-0.4, -0.2) is 46.9 Å². The average molecular weight is 1620 g/mol. The minimum Gasteiger partial charge on any atom is -0.388 e. The van der Waals surface area contributed by atoms with E-state index in [-0.39, 0.29) is 24.4 Å². The number of aliphatic hydroxyl groups is 7. The molecule has 0 heterocycles. The van der Waals surface area contributed by atoms with Gasteiger partial charge in [-0.25, -0.2) is 0 Å². The molecule has 120 heavy (non-hydrogen) atoms. The molecule has 0 bridgehead atoms. The predicted molar refractivity (Wildman–Crippen MR) is 505 cm³/mol. The fraction of sp³-hybridized carbons (Fsp3) is 0.469. The molecule has 2 saturated carbocycles. The summed E-state index contributed by atoms with van der Waals surface area (Å²) in [5.41, 5.74) is 13.0. The number of unbranched alkanes of at least 4 members (excludes halogenated alkanes) is 1. The quantitative estimate of drug-likeness (QED) is 0.0222. The van der Waals surface area contributed by atoms with Crippen LogP contribution in [-0.2, 0) is 19.3 Å². The summed E-state index contributed by atoms with van der Waals surface area (Å²) in [5.74, 6) is 39.7. The average Bonchev–Trinajstić information content (AvgIpc) is 1.37. The van der Waals surface area contributed by atoms with Crippen LogP contribution in [0, 0.1) is 82.9 Å². The maximum atomic E-state index is 10.5. The van der Waals surface area contributed by atoms with Crippen molar-refractivity contribution in [3.8, 4) is 71.0 Å². The van der Waals surface area contributed by atoms with Gasteiger partial charge >= 0.3 is 0 Å². The summed E-state index contributed by atoms with van der Waals surface area (Å²) in [6.45, 7) is 20.9. The van der Waals surface area contributed by atoms with Crippen LogP contribution in [0.15, 0.2) is 206 Å². The number of aryl methyl sites for hydroxylation is 3. The van der Waals surface area contributed by atoms with E-state index < -0.39 is 17.3 Å². The van der Waals surface area contributed by atoms with Gasteiger partial charge in [0.05, 0.1) is 30.5 Å². The van der Waals surface area contributed by atoms with Crippen molar-refractivity contribution in [3.05, 3.63) is 284 Å². The largest absolute Gasteiger partial charge is 0.388 e. The first-order chi connectivity index (χ1) is 58.3. The van der Waals surface area contributed by atoms with E-state index in [1.54, 1.807) is 0 Å². The monoisotopic (exact) mass is 1620 g/mol. The molecule has 7 N–H and O–H groups in total. The van der Waals surface area contributed by atoms with Gasteiger partial charge in [0.15, 0.2) is 0 Å². The molecular weight excluding hydrogens is 1470 g/mol. The Morgan fingerprint density at radius 1 is 0.283 bits per heavy atom. The molecule has 5 unspecified atom stereocenters. The normalized spacial score (nSPS) is 13.4. The highest BCUT2D eigenvalue weighted by Gasteiger charge is 2.23. The highest BCUT2D eigenvalue weighted by molar-refractivity contribution is 5.44. The van der Waals surface area contributed by atoms with Gasteiger partial charge in [0.2, 0.25) is 0 Å². The Morgan fingerprint density at radius 2 is 0.558 bits per heavy atom. The number of aliphatic hydroxyl groups excluding tert-OH is 5. The van der Waals surface area contributed by atoms with Gasteiger partial charge in [-0.3, -0.25) is 0 Å². The van der Waals surface area contributed by atoms with Gasteiger partial charge in [-0.15, -0.1) is 0 Å². The summed E-state index contributed by atoms with van der Waals surface area (Å²) < 4.78 is 0.